The summed E-state index contributed by atoms with van der Waals surface area (Å²) in [5.74, 6) is 0.0847. The molecule has 0 heterocycles. The Kier molecular flexibility index (Phi) is 3.97. The maximum atomic E-state index is 11.2. The molecule has 0 aliphatic carbocycles. The molecule has 0 unspecified atom stereocenters. The highest BCUT2D eigenvalue weighted by Crippen LogP contribution is 2.24. The van der Waals surface area contributed by atoms with Crippen molar-refractivity contribution >= 4 is 17.2 Å². The number of ketones is 1. The molecule has 3 heteroatoms. The lowest BCUT2D eigenvalue weighted by molar-refractivity contribution is 0.101. The molecule has 0 fully saturated rings. The molecule has 0 amide bonds. The fourth-order valence-electron chi connectivity index (χ4n) is 1.92. The molecular formula is C16H18N2O. The first-order chi connectivity index (χ1) is 9.11. The van der Waals surface area contributed by atoms with Crippen molar-refractivity contribution in [2.24, 2.45) is 5.73 Å². The van der Waals surface area contributed by atoms with Crippen molar-refractivity contribution in [3.63, 3.8) is 0 Å². The van der Waals surface area contributed by atoms with Gasteiger partial charge < -0.3 is 10.6 Å². The van der Waals surface area contributed by atoms with Crippen LogP contribution in [0.4, 0.5) is 11.4 Å². The lowest BCUT2D eigenvalue weighted by Crippen LogP contribution is -2.09. The van der Waals surface area contributed by atoms with E-state index < -0.39 is 0 Å². The minimum atomic E-state index is 0.0847. The first-order valence-electron chi connectivity index (χ1n) is 6.25. The molecule has 98 valence electrons. The Bertz CT molecular complexity index is 558. The third-order valence-electron chi connectivity index (χ3n) is 3.22. The van der Waals surface area contributed by atoms with Crippen molar-refractivity contribution in [2.75, 3.05) is 11.9 Å². The van der Waals surface area contributed by atoms with E-state index >= 15 is 0 Å². The number of Topliss-reactive ketones (excluding diaryl/α,β-unsaturated/α-hetero) is 1. The van der Waals surface area contributed by atoms with Gasteiger partial charge in [-0.25, -0.2) is 0 Å². The molecule has 0 atom stereocenters. The van der Waals surface area contributed by atoms with Crippen LogP contribution in [-0.4, -0.2) is 12.8 Å². The highest BCUT2D eigenvalue weighted by Gasteiger charge is 2.05. The molecule has 0 saturated carbocycles. The van der Waals surface area contributed by atoms with Crippen molar-refractivity contribution in [1.29, 1.82) is 0 Å². The van der Waals surface area contributed by atoms with Gasteiger partial charge in [0.25, 0.3) is 0 Å². The van der Waals surface area contributed by atoms with Gasteiger partial charge in [0.2, 0.25) is 0 Å². The van der Waals surface area contributed by atoms with Crippen molar-refractivity contribution in [3.8, 4) is 0 Å². The normalized spacial score (nSPS) is 10.3. The number of carbonyl (C=O) groups is 1. The number of hydrogen-bond donors (Lipinski definition) is 1. The van der Waals surface area contributed by atoms with Gasteiger partial charge in [-0.05, 0) is 48.9 Å². The zero-order valence-electron chi connectivity index (χ0n) is 11.3. The van der Waals surface area contributed by atoms with Crippen molar-refractivity contribution < 1.29 is 4.79 Å². The number of benzene rings is 2. The summed E-state index contributed by atoms with van der Waals surface area (Å²) in [6.45, 7) is 2.13. The summed E-state index contributed by atoms with van der Waals surface area (Å²) in [5.41, 5.74) is 9.57. The van der Waals surface area contributed by atoms with E-state index in [1.165, 1.54) is 0 Å². The summed E-state index contributed by atoms with van der Waals surface area (Å²) < 4.78 is 0. The fourth-order valence-corrected chi connectivity index (χ4v) is 1.92. The van der Waals surface area contributed by atoms with Crippen molar-refractivity contribution in [1.82, 2.24) is 0 Å². The molecule has 0 bridgehead atoms. The van der Waals surface area contributed by atoms with Gasteiger partial charge in [-0.1, -0.05) is 12.1 Å². The predicted octanol–water partition coefficient (Wildman–Crippen LogP) is 3.12. The predicted molar refractivity (Wildman–Crippen MR) is 78.8 cm³/mol. The zero-order chi connectivity index (χ0) is 13.8. The number of carbonyl (C=O) groups excluding carboxylic acids is 1. The van der Waals surface area contributed by atoms with E-state index in [1.54, 1.807) is 6.92 Å². The van der Waals surface area contributed by atoms with Crippen LogP contribution in [0.3, 0.4) is 0 Å². The number of rotatable bonds is 4. The minimum Gasteiger partial charge on any atom is -0.345 e. The molecule has 2 rings (SSSR count). The smallest absolute Gasteiger partial charge is 0.159 e. The van der Waals surface area contributed by atoms with Gasteiger partial charge in [0.15, 0.2) is 5.78 Å². The molecular weight excluding hydrogens is 236 g/mol. The third-order valence-corrected chi connectivity index (χ3v) is 3.22. The van der Waals surface area contributed by atoms with Gasteiger partial charge in [-0.3, -0.25) is 4.79 Å². The summed E-state index contributed by atoms with van der Waals surface area (Å²) in [4.78, 5) is 13.3. The van der Waals surface area contributed by atoms with E-state index in [0.29, 0.717) is 6.54 Å². The van der Waals surface area contributed by atoms with Gasteiger partial charge in [0.1, 0.15) is 0 Å². The summed E-state index contributed by atoms with van der Waals surface area (Å²) >= 11 is 0. The van der Waals surface area contributed by atoms with Crippen LogP contribution in [0.1, 0.15) is 22.8 Å². The average Bonchev–Trinajstić information content (AvgIpc) is 2.46. The molecule has 0 spiro atoms. The van der Waals surface area contributed by atoms with Crippen LogP contribution in [-0.2, 0) is 6.54 Å². The van der Waals surface area contributed by atoms with Crippen LogP contribution in [0.5, 0.6) is 0 Å². The molecule has 0 saturated heterocycles. The van der Waals surface area contributed by atoms with E-state index in [1.807, 2.05) is 55.6 Å². The Balaban J connectivity index is 2.22. The Morgan fingerprint density at radius 1 is 1.00 bits per heavy atom. The average molecular weight is 254 g/mol. The number of nitrogens with zero attached hydrogens (tertiary/aromatic N) is 1. The van der Waals surface area contributed by atoms with Gasteiger partial charge in [0.05, 0.1) is 0 Å². The van der Waals surface area contributed by atoms with E-state index in [2.05, 4.69) is 4.90 Å². The maximum absolute atomic E-state index is 11.2. The molecule has 3 nitrogen and oxygen atoms in total. The van der Waals surface area contributed by atoms with Crippen LogP contribution in [0.15, 0.2) is 48.5 Å². The molecule has 0 aliphatic rings. The molecule has 19 heavy (non-hydrogen) atoms. The Morgan fingerprint density at radius 3 is 1.89 bits per heavy atom. The SMILES string of the molecule is CC(=O)c1ccc(N(C)c2ccc(CN)cc2)cc1. The van der Waals surface area contributed by atoms with Crippen molar-refractivity contribution in [2.45, 2.75) is 13.5 Å². The largest absolute Gasteiger partial charge is 0.345 e. The molecule has 0 radical (unpaired) electrons. The summed E-state index contributed by atoms with van der Waals surface area (Å²) in [6, 6.07) is 15.7. The quantitative estimate of drug-likeness (QED) is 0.853. The molecule has 2 aromatic rings. The standard InChI is InChI=1S/C16H18N2O/c1-12(19)14-5-9-16(10-6-14)18(2)15-7-3-13(11-17)4-8-15/h3-10H,11,17H2,1-2H3. The molecule has 0 aliphatic heterocycles. The van der Waals surface area contributed by atoms with E-state index in [4.69, 9.17) is 5.73 Å². The Hall–Kier alpha value is -2.13. The Morgan fingerprint density at radius 2 is 1.47 bits per heavy atom. The van der Waals surface area contributed by atoms with E-state index in [9.17, 15) is 4.79 Å². The van der Waals surface area contributed by atoms with Crippen LogP contribution in [0.2, 0.25) is 0 Å². The minimum absolute atomic E-state index is 0.0847. The van der Waals surface area contributed by atoms with E-state index in [-0.39, 0.29) is 5.78 Å². The van der Waals surface area contributed by atoms with Gasteiger partial charge >= 0.3 is 0 Å². The molecule has 2 N–H and O–H groups in total. The van der Waals surface area contributed by atoms with Crippen LogP contribution >= 0.6 is 0 Å². The first-order valence-corrected chi connectivity index (χ1v) is 6.25. The lowest BCUT2D eigenvalue weighted by Gasteiger charge is -2.20. The number of anilines is 2. The fraction of sp³-hybridized carbons (Fsp3) is 0.188. The number of nitrogens with two attached hydrogens (primary N) is 1. The van der Waals surface area contributed by atoms with Crippen molar-refractivity contribution in [3.05, 3.63) is 59.7 Å². The van der Waals surface area contributed by atoms with Crippen LogP contribution in [0, 0.1) is 0 Å². The topological polar surface area (TPSA) is 46.3 Å². The maximum Gasteiger partial charge on any atom is 0.159 e. The third kappa shape index (κ3) is 3.01. The van der Waals surface area contributed by atoms with Gasteiger partial charge in [-0.15, -0.1) is 0 Å². The molecule has 2 aromatic carbocycles. The summed E-state index contributed by atoms with van der Waals surface area (Å²) in [7, 11) is 2.00. The van der Waals surface area contributed by atoms with Gasteiger partial charge in [0, 0.05) is 30.5 Å². The second-order valence-corrected chi connectivity index (χ2v) is 4.53. The second-order valence-electron chi connectivity index (χ2n) is 4.53. The van der Waals surface area contributed by atoms with Crippen LogP contribution < -0.4 is 10.6 Å². The zero-order valence-corrected chi connectivity index (χ0v) is 11.3. The lowest BCUT2D eigenvalue weighted by atomic mass is 10.1. The van der Waals surface area contributed by atoms with E-state index in [0.717, 1.165) is 22.5 Å². The van der Waals surface area contributed by atoms with Crippen LogP contribution in [0.25, 0.3) is 0 Å². The number of hydrogen-bond acceptors (Lipinski definition) is 3. The molecule has 0 aromatic heterocycles. The first kappa shape index (κ1) is 13.3. The monoisotopic (exact) mass is 254 g/mol. The highest BCUT2D eigenvalue weighted by atomic mass is 16.1. The summed E-state index contributed by atoms with van der Waals surface area (Å²) in [5, 5.41) is 0. The van der Waals surface area contributed by atoms with Gasteiger partial charge in [-0.2, -0.15) is 0 Å². The highest BCUT2D eigenvalue weighted by molar-refractivity contribution is 5.94. The second kappa shape index (κ2) is 5.67. The summed E-state index contributed by atoms with van der Waals surface area (Å²) in [6.07, 6.45) is 0. The Labute approximate surface area is 113 Å².